The minimum absolute atomic E-state index is 0.231. The van der Waals surface area contributed by atoms with Crippen LogP contribution in [0.3, 0.4) is 0 Å². The average Bonchev–Trinajstić information content (AvgIpc) is 3.54. The lowest BCUT2D eigenvalue weighted by atomic mass is 9.94. The van der Waals surface area contributed by atoms with E-state index < -0.39 is 6.04 Å². The Hall–Kier alpha value is -3.62. The van der Waals surface area contributed by atoms with E-state index in [2.05, 4.69) is 15.5 Å². The molecule has 0 bridgehead atoms. The average molecular weight is 493 g/mol. The first-order valence-corrected chi connectivity index (χ1v) is 11.8. The number of para-hydroxylation sites is 1. The van der Waals surface area contributed by atoms with Gasteiger partial charge in [-0.1, -0.05) is 53.2 Å². The van der Waals surface area contributed by atoms with Gasteiger partial charge in [-0.3, -0.25) is 4.90 Å². The smallest absolute Gasteiger partial charge is 0.322 e. The number of aromatic nitrogens is 2. The molecule has 5 rings (SSSR count). The minimum Gasteiger partial charge on any atom is -0.496 e. The molecule has 0 saturated carbocycles. The van der Waals surface area contributed by atoms with E-state index in [0.29, 0.717) is 29.0 Å². The van der Waals surface area contributed by atoms with Gasteiger partial charge in [0.15, 0.2) is 0 Å². The molecule has 1 atom stereocenters. The SMILES string of the molecule is COc1ccccc1CN1C(=O)NC(c2ccc(Cl)cc2)C(c2nc(-c3cccs3)no2)=C1C. The van der Waals surface area contributed by atoms with Gasteiger partial charge < -0.3 is 14.6 Å². The fourth-order valence-electron chi connectivity index (χ4n) is 4.00. The maximum Gasteiger partial charge on any atom is 0.322 e. The molecule has 1 N–H and O–H groups in total. The highest BCUT2D eigenvalue weighted by Crippen LogP contribution is 2.39. The lowest BCUT2D eigenvalue weighted by Gasteiger charge is -2.35. The van der Waals surface area contributed by atoms with Crippen LogP contribution in [0.25, 0.3) is 16.3 Å². The number of urea groups is 1. The predicted molar refractivity (Wildman–Crippen MR) is 131 cm³/mol. The highest BCUT2D eigenvalue weighted by molar-refractivity contribution is 7.13. The van der Waals surface area contributed by atoms with E-state index in [1.807, 2.05) is 60.8 Å². The molecule has 7 nitrogen and oxygen atoms in total. The van der Waals surface area contributed by atoms with Gasteiger partial charge in [0.25, 0.3) is 5.89 Å². The number of methoxy groups -OCH3 is 1. The van der Waals surface area contributed by atoms with E-state index in [-0.39, 0.29) is 6.03 Å². The molecular formula is C25H21ClN4O3S. The Balaban J connectivity index is 1.60. The topological polar surface area (TPSA) is 80.5 Å². The van der Waals surface area contributed by atoms with Gasteiger partial charge in [0, 0.05) is 16.3 Å². The van der Waals surface area contributed by atoms with Crippen molar-refractivity contribution in [3.8, 4) is 16.5 Å². The molecule has 0 fully saturated rings. The van der Waals surface area contributed by atoms with Crippen LogP contribution in [0.5, 0.6) is 5.75 Å². The van der Waals surface area contributed by atoms with Crippen molar-refractivity contribution in [3.63, 3.8) is 0 Å². The summed E-state index contributed by atoms with van der Waals surface area (Å²) in [4.78, 5) is 20.5. The normalized spacial score (nSPS) is 16.0. The molecule has 9 heteroatoms. The molecule has 2 amide bonds. The van der Waals surface area contributed by atoms with Crippen LogP contribution >= 0.6 is 22.9 Å². The first-order chi connectivity index (χ1) is 16.5. The van der Waals surface area contributed by atoms with Gasteiger partial charge in [0.2, 0.25) is 5.82 Å². The highest BCUT2D eigenvalue weighted by atomic mass is 35.5. The monoisotopic (exact) mass is 492 g/mol. The van der Waals surface area contributed by atoms with Gasteiger partial charge in [-0.2, -0.15) is 4.98 Å². The molecular weight excluding hydrogens is 472 g/mol. The van der Waals surface area contributed by atoms with Crippen LogP contribution in [0, 0.1) is 0 Å². The third-order valence-corrected chi connectivity index (χ3v) is 6.84. The van der Waals surface area contributed by atoms with Gasteiger partial charge in [-0.15, -0.1) is 11.3 Å². The van der Waals surface area contributed by atoms with E-state index in [1.165, 1.54) is 11.3 Å². The molecule has 0 spiro atoms. The Morgan fingerprint density at radius 3 is 2.68 bits per heavy atom. The van der Waals surface area contributed by atoms with Crippen molar-refractivity contribution in [1.82, 2.24) is 20.4 Å². The van der Waals surface area contributed by atoms with Crippen molar-refractivity contribution < 1.29 is 14.1 Å². The number of nitrogens with one attached hydrogen (secondary N) is 1. The highest BCUT2D eigenvalue weighted by Gasteiger charge is 2.36. The quantitative estimate of drug-likeness (QED) is 0.348. The Morgan fingerprint density at radius 1 is 1.15 bits per heavy atom. The number of nitrogens with zero attached hydrogens (tertiary/aromatic N) is 3. The van der Waals surface area contributed by atoms with Crippen molar-refractivity contribution in [3.05, 3.63) is 93.8 Å². The van der Waals surface area contributed by atoms with Gasteiger partial charge in [-0.25, -0.2) is 4.79 Å². The molecule has 3 heterocycles. The number of amides is 2. The number of allylic oxidation sites excluding steroid dienone is 1. The lowest BCUT2D eigenvalue weighted by molar-refractivity contribution is 0.202. The van der Waals surface area contributed by atoms with E-state index in [4.69, 9.17) is 20.9 Å². The first kappa shape index (κ1) is 22.2. The Kier molecular flexibility index (Phi) is 6.08. The van der Waals surface area contributed by atoms with Gasteiger partial charge in [0.1, 0.15) is 5.75 Å². The van der Waals surface area contributed by atoms with Crippen molar-refractivity contribution in [2.75, 3.05) is 7.11 Å². The van der Waals surface area contributed by atoms with Crippen molar-refractivity contribution in [1.29, 1.82) is 0 Å². The van der Waals surface area contributed by atoms with Gasteiger partial charge in [-0.05, 0) is 42.1 Å². The maximum absolute atomic E-state index is 13.3. The van der Waals surface area contributed by atoms with Crippen molar-refractivity contribution in [2.24, 2.45) is 0 Å². The van der Waals surface area contributed by atoms with Crippen LogP contribution in [-0.4, -0.2) is 28.2 Å². The largest absolute Gasteiger partial charge is 0.496 e. The molecule has 2 aromatic carbocycles. The summed E-state index contributed by atoms with van der Waals surface area (Å²) in [6.07, 6.45) is 0. The molecule has 4 aromatic rings. The fraction of sp³-hybridized carbons (Fsp3) is 0.160. The van der Waals surface area contributed by atoms with E-state index in [0.717, 1.165) is 27.3 Å². The molecule has 172 valence electrons. The third-order valence-electron chi connectivity index (χ3n) is 5.72. The predicted octanol–water partition coefficient (Wildman–Crippen LogP) is 6.16. The summed E-state index contributed by atoms with van der Waals surface area (Å²) >= 11 is 7.64. The van der Waals surface area contributed by atoms with Gasteiger partial charge >= 0.3 is 6.03 Å². The van der Waals surface area contributed by atoms with Crippen LogP contribution in [0.15, 0.2) is 76.3 Å². The zero-order valence-corrected chi connectivity index (χ0v) is 20.1. The summed E-state index contributed by atoms with van der Waals surface area (Å²) in [6, 6.07) is 18.1. The molecule has 2 aromatic heterocycles. The summed E-state index contributed by atoms with van der Waals surface area (Å²) in [5, 5.41) is 9.86. The summed E-state index contributed by atoms with van der Waals surface area (Å²) in [7, 11) is 1.62. The fourth-order valence-corrected chi connectivity index (χ4v) is 4.77. The number of hydrogen-bond donors (Lipinski definition) is 1. The van der Waals surface area contributed by atoms with Crippen LogP contribution < -0.4 is 10.1 Å². The summed E-state index contributed by atoms with van der Waals surface area (Å²) in [5.74, 6) is 1.57. The molecule has 34 heavy (non-hydrogen) atoms. The number of ether oxygens (including phenoxy) is 1. The molecule has 1 unspecified atom stereocenters. The molecule has 1 aliphatic rings. The van der Waals surface area contributed by atoms with Crippen molar-refractivity contribution >= 4 is 34.5 Å². The molecule has 0 aliphatic carbocycles. The standard InChI is InChI=1S/C25H21ClN4O3S/c1-15-21(24-28-23(29-33-24)20-8-5-13-34-20)22(16-9-11-18(26)12-10-16)27-25(31)30(15)14-17-6-3-4-7-19(17)32-2/h3-13,22H,14H2,1-2H3,(H,27,31). The molecule has 0 saturated heterocycles. The second-order valence-electron chi connectivity index (χ2n) is 7.73. The number of hydrogen-bond acceptors (Lipinski definition) is 6. The van der Waals surface area contributed by atoms with Crippen LogP contribution in [0.1, 0.15) is 30.0 Å². The number of rotatable bonds is 6. The van der Waals surface area contributed by atoms with Crippen LogP contribution in [-0.2, 0) is 6.54 Å². The zero-order valence-electron chi connectivity index (χ0n) is 18.5. The van der Waals surface area contributed by atoms with E-state index >= 15 is 0 Å². The van der Waals surface area contributed by atoms with E-state index in [9.17, 15) is 4.79 Å². The third kappa shape index (κ3) is 4.18. The van der Waals surface area contributed by atoms with Gasteiger partial charge in [0.05, 0.1) is 30.1 Å². The van der Waals surface area contributed by atoms with E-state index in [1.54, 1.807) is 24.1 Å². The number of thiophene rings is 1. The molecule has 1 aliphatic heterocycles. The Bertz CT molecular complexity index is 1350. The molecule has 0 radical (unpaired) electrons. The number of carbonyl (C=O) groups is 1. The number of carbonyl (C=O) groups excluding carboxylic acids is 1. The second-order valence-corrected chi connectivity index (χ2v) is 9.12. The number of benzene rings is 2. The lowest BCUT2D eigenvalue weighted by Crippen LogP contribution is -2.45. The summed E-state index contributed by atoms with van der Waals surface area (Å²) < 4.78 is 11.2. The minimum atomic E-state index is -0.477. The summed E-state index contributed by atoms with van der Waals surface area (Å²) in [5.41, 5.74) is 3.19. The first-order valence-electron chi connectivity index (χ1n) is 10.6. The second kappa shape index (κ2) is 9.32. The van der Waals surface area contributed by atoms with Crippen LogP contribution in [0.2, 0.25) is 5.02 Å². The zero-order chi connectivity index (χ0) is 23.7. The van der Waals surface area contributed by atoms with Crippen LogP contribution in [0.4, 0.5) is 4.79 Å². The number of halogens is 1. The summed E-state index contributed by atoms with van der Waals surface area (Å²) in [6.45, 7) is 2.21. The van der Waals surface area contributed by atoms with Crippen molar-refractivity contribution in [2.45, 2.75) is 19.5 Å². The maximum atomic E-state index is 13.3. The Morgan fingerprint density at radius 2 is 1.94 bits per heavy atom. The Labute approximate surface area is 205 Å².